The number of benzene rings is 2. The number of imidazole rings is 1. The number of anilines is 1. The molecule has 0 atom stereocenters. The maximum Gasteiger partial charge on any atom is 0.199 e. The van der Waals surface area contributed by atoms with Crippen molar-refractivity contribution in [3.8, 4) is 5.75 Å². The molecule has 0 amide bonds. The molecule has 0 aliphatic rings. The van der Waals surface area contributed by atoms with Crippen molar-refractivity contribution < 1.29 is 4.74 Å². The van der Waals surface area contributed by atoms with Crippen molar-refractivity contribution in [1.82, 2.24) is 14.3 Å². The van der Waals surface area contributed by atoms with E-state index in [2.05, 4.69) is 33.7 Å². The third kappa shape index (κ3) is 2.86. The van der Waals surface area contributed by atoms with Crippen LogP contribution in [-0.2, 0) is 0 Å². The molecule has 2 aromatic heterocycles. The molecule has 1 N–H and O–H groups in total. The van der Waals surface area contributed by atoms with Gasteiger partial charge in [0.15, 0.2) is 5.43 Å². The van der Waals surface area contributed by atoms with Crippen LogP contribution in [0.4, 0.5) is 5.69 Å². The predicted octanol–water partition coefficient (Wildman–Crippen LogP) is 3.12. The summed E-state index contributed by atoms with van der Waals surface area (Å²) in [4.78, 5) is 20.2. The fraction of sp³-hybridized carbons (Fsp3) is 0.333. The average Bonchev–Trinajstić information content (AvgIpc) is 2.99. The lowest BCUT2D eigenvalue weighted by molar-refractivity contribution is 0.405. The van der Waals surface area contributed by atoms with Crippen LogP contribution in [0.1, 0.15) is 12.2 Å². The molecule has 27 heavy (non-hydrogen) atoms. The van der Waals surface area contributed by atoms with Crippen LogP contribution in [0, 0.1) is 6.92 Å². The summed E-state index contributed by atoms with van der Waals surface area (Å²) in [7, 11) is 5.73. The maximum atomic E-state index is 13.4. The van der Waals surface area contributed by atoms with Crippen molar-refractivity contribution in [1.29, 1.82) is 0 Å². The highest BCUT2D eigenvalue weighted by molar-refractivity contribution is 6.07. The molecule has 0 unspecified atom stereocenters. The van der Waals surface area contributed by atoms with Crippen LogP contribution in [0.15, 0.2) is 35.1 Å². The van der Waals surface area contributed by atoms with Crippen molar-refractivity contribution >= 4 is 33.0 Å². The van der Waals surface area contributed by atoms with Gasteiger partial charge >= 0.3 is 0 Å². The SMILES string of the molecule is COc1ccc2c(c1)c(=O)c1c(NCCCN(C)C)ccc3nc(C)n2c31. The highest BCUT2D eigenvalue weighted by Crippen LogP contribution is 2.31. The van der Waals surface area contributed by atoms with Gasteiger partial charge in [-0.15, -0.1) is 0 Å². The number of ether oxygens (including phenoxy) is 1. The van der Waals surface area contributed by atoms with Crippen molar-refractivity contribution in [2.75, 3.05) is 39.6 Å². The summed E-state index contributed by atoms with van der Waals surface area (Å²) in [6.07, 6.45) is 1.00. The minimum absolute atomic E-state index is 0.0111. The fourth-order valence-corrected chi connectivity index (χ4v) is 3.73. The van der Waals surface area contributed by atoms with Crippen molar-refractivity contribution in [2.45, 2.75) is 13.3 Å². The Labute approximate surface area is 157 Å². The zero-order valence-electron chi connectivity index (χ0n) is 16.2. The molecule has 140 valence electrons. The summed E-state index contributed by atoms with van der Waals surface area (Å²) < 4.78 is 7.41. The molecule has 0 bridgehead atoms. The van der Waals surface area contributed by atoms with Gasteiger partial charge in [-0.25, -0.2) is 4.98 Å². The number of aromatic nitrogens is 2. The number of methoxy groups -OCH3 is 1. The molecule has 4 rings (SSSR count). The van der Waals surface area contributed by atoms with Gasteiger partial charge in [0.2, 0.25) is 0 Å². The number of hydrogen-bond donors (Lipinski definition) is 1. The number of hydrogen-bond acceptors (Lipinski definition) is 5. The molecule has 2 aromatic carbocycles. The van der Waals surface area contributed by atoms with Crippen LogP contribution in [0.5, 0.6) is 5.75 Å². The Morgan fingerprint density at radius 1 is 1.22 bits per heavy atom. The van der Waals surface area contributed by atoms with Crippen LogP contribution in [-0.4, -0.2) is 48.6 Å². The minimum Gasteiger partial charge on any atom is -0.497 e. The number of nitrogens with zero attached hydrogens (tertiary/aromatic N) is 3. The first-order valence-electron chi connectivity index (χ1n) is 9.15. The summed E-state index contributed by atoms with van der Waals surface area (Å²) in [5.74, 6) is 1.55. The number of pyridine rings is 1. The summed E-state index contributed by atoms with van der Waals surface area (Å²) in [5, 5.41) is 4.79. The molecule has 0 spiro atoms. The Morgan fingerprint density at radius 2 is 2.04 bits per heavy atom. The van der Waals surface area contributed by atoms with Crippen LogP contribution in [0.25, 0.3) is 27.3 Å². The minimum atomic E-state index is 0.0111. The molecule has 6 heteroatoms. The Balaban J connectivity index is 1.95. The van der Waals surface area contributed by atoms with Crippen molar-refractivity contribution in [2.24, 2.45) is 0 Å². The van der Waals surface area contributed by atoms with Crippen LogP contribution >= 0.6 is 0 Å². The van der Waals surface area contributed by atoms with Gasteiger partial charge in [0.25, 0.3) is 0 Å². The molecule has 0 aliphatic heterocycles. The number of aryl methyl sites for hydroxylation is 1. The first kappa shape index (κ1) is 17.5. The zero-order valence-corrected chi connectivity index (χ0v) is 16.2. The summed E-state index contributed by atoms with van der Waals surface area (Å²) in [5.41, 5.74) is 3.46. The van der Waals surface area contributed by atoms with Gasteiger partial charge in [-0.2, -0.15) is 0 Å². The van der Waals surface area contributed by atoms with Crippen molar-refractivity contribution in [3.05, 3.63) is 46.4 Å². The number of rotatable bonds is 6. The molecule has 0 radical (unpaired) electrons. The second kappa shape index (κ2) is 6.70. The third-order valence-electron chi connectivity index (χ3n) is 5.00. The number of nitrogens with one attached hydrogen (secondary N) is 1. The van der Waals surface area contributed by atoms with E-state index in [4.69, 9.17) is 4.74 Å². The predicted molar refractivity (Wildman–Crippen MR) is 111 cm³/mol. The molecule has 0 aliphatic carbocycles. The van der Waals surface area contributed by atoms with Gasteiger partial charge in [-0.3, -0.25) is 9.20 Å². The molecule has 2 heterocycles. The first-order valence-corrected chi connectivity index (χ1v) is 9.15. The van der Waals surface area contributed by atoms with Gasteiger partial charge in [-0.05, 0) is 64.3 Å². The highest BCUT2D eigenvalue weighted by Gasteiger charge is 2.18. The van der Waals surface area contributed by atoms with E-state index >= 15 is 0 Å². The Kier molecular flexibility index (Phi) is 4.36. The monoisotopic (exact) mass is 364 g/mol. The molecule has 0 saturated heterocycles. The second-order valence-corrected chi connectivity index (χ2v) is 7.15. The molecular formula is C21H24N4O2. The maximum absolute atomic E-state index is 13.4. The van der Waals surface area contributed by atoms with Gasteiger partial charge in [0, 0.05) is 12.2 Å². The van der Waals surface area contributed by atoms with E-state index < -0.39 is 0 Å². The van der Waals surface area contributed by atoms with Gasteiger partial charge in [-0.1, -0.05) is 0 Å². The molecular weight excluding hydrogens is 340 g/mol. The topological polar surface area (TPSA) is 58.9 Å². The Morgan fingerprint density at radius 3 is 2.78 bits per heavy atom. The van der Waals surface area contributed by atoms with E-state index in [1.807, 2.05) is 37.3 Å². The smallest absolute Gasteiger partial charge is 0.199 e. The lowest BCUT2D eigenvalue weighted by Crippen LogP contribution is -2.17. The van der Waals surface area contributed by atoms with E-state index in [9.17, 15) is 4.79 Å². The van der Waals surface area contributed by atoms with E-state index in [0.717, 1.165) is 47.6 Å². The standard InChI is InChI=1S/C21H24N4O2/c1-13-23-17-8-7-16(22-10-5-11-24(2)3)19-20(17)25(13)18-9-6-14(27-4)12-15(18)21(19)26/h6-9,12,22H,5,10-11H2,1-4H3. The van der Waals surface area contributed by atoms with Crippen LogP contribution < -0.4 is 15.5 Å². The molecule has 6 nitrogen and oxygen atoms in total. The van der Waals surface area contributed by atoms with Crippen molar-refractivity contribution in [3.63, 3.8) is 0 Å². The quantitative estimate of drug-likeness (QED) is 0.421. The molecule has 0 fully saturated rings. The van der Waals surface area contributed by atoms with E-state index in [1.165, 1.54) is 0 Å². The van der Waals surface area contributed by atoms with E-state index in [0.29, 0.717) is 16.5 Å². The average molecular weight is 364 g/mol. The van der Waals surface area contributed by atoms with E-state index in [1.54, 1.807) is 7.11 Å². The first-order chi connectivity index (χ1) is 13.0. The molecule has 0 saturated carbocycles. The summed E-state index contributed by atoms with van der Waals surface area (Å²) >= 11 is 0. The molecule has 4 aromatic rings. The fourth-order valence-electron chi connectivity index (χ4n) is 3.73. The Hall–Kier alpha value is -2.86. The van der Waals surface area contributed by atoms with E-state index in [-0.39, 0.29) is 5.43 Å². The van der Waals surface area contributed by atoms with Crippen LogP contribution in [0.2, 0.25) is 0 Å². The second-order valence-electron chi connectivity index (χ2n) is 7.15. The largest absolute Gasteiger partial charge is 0.497 e. The Bertz CT molecular complexity index is 1180. The summed E-state index contributed by atoms with van der Waals surface area (Å²) in [6.45, 7) is 3.77. The third-order valence-corrected chi connectivity index (χ3v) is 5.00. The highest BCUT2D eigenvalue weighted by atomic mass is 16.5. The number of fused-ring (bicyclic) bond motifs is 2. The van der Waals surface area contributed by atoms with Crippen LogP contribution in [0.3, 0.4) is 0 Å². The van der Waals surface area contributed by atoms with Gasteiger partial charge in [0.05, 0.1) is 34.4 Å². The lowest BCUT2D eigenvalue weighted by atomic mass is 10.1. The zero-order chi connectivity index (χ0) is 19.1. The lowest BCUT2D eigenvalue weighted by Gasteiger charge is -2.13. The van der Waals surface area contributed by atoms with Gasteiger partial charge < -0.3 is 15.0 Å². The van der Waals surface area contributed by atoms with Gasteiger partial charge in [0.1, 0.15) is 11.6 Å². The normalized spacial score (nSPS) is 11.9. The summed E-state index contributed by atoms with van der Waals surface area (Å²) in [6, 6.07) is 9.58.